The minimum Gasteiger partial charge on any atom is -0.487 e. The summed E-state index contributed by atoms with van der Waals surface area (Å²) in [4.78, 5) is 19.1. The third-order valence-electron chi connectivity index (χ3n) is 7.74. The fraction of sp³-hybridized carbons (Fsp3) is 0.500. The van der Waals surface area contributed by atoms with Crippen molar-refractivity contribution in [3.63, 3.8) is 0 Å². The zero-order chi connectivity index (χ0) is 32.8. The Morgan fingerprint density at radius 3 is 1.77 bits per heavy atom. The summed E-state index contributed by atoms with van der Waals surface area (Å²) in [5, 5.41) is 0. The van der Waals surface area contributed by atoms with Crippen LogP contribution in [-0.2, 0) is 25.7 Å². The molecule has 1 heterocycles. The average molecular weight is 650 g/mol. The fourth-order valence-corrected chi connectivity index (χ4v) is 5.18. The predicted molar refractivity (Wildman–Crippen MR) is 181 cm³/mol. The van der Waals surface area contributed by atoms with Crippen molar-refractivity contribution in [2.24, 2.45) is 0 Å². The molecule has 0 aromatic heterocycles. The van der Waals surface area contributed by atoms with Crippen molar-refractivity contribution in [3.8, 4) is 23.0 Å². The monoisotopic (exact) mass is 649 g/mol. The minimum absolute atomic E-state index is 0.131. The van der Waals surface area contributed by atoms with E-state index in [1.165, 1.54) is 32.1 Å². The van der Waals surface area contributed by atoms with Crippen LogP contribution in [-0.4, -0.2) is 57.8 Å². The lowest BCUT2D eigenvalue weighted by Crippen LogP contribution is -2.42. The van der Waals surface area contributed by atoms with Crippen LogP contribution in [0.1, 0.15) is 70.3 Å². The maximum atomic E-state index is 13.5. The van der Waals surface area contributed by atoms with Crippen molar-refractivity contribution in [3.05, 3.63) is 84.4 Å². The van der Waals surface area contributed by atoms with Gasteiger partial charge >= 0.3 is 0 Å². The summed E-state index contributed by atoms with van der Waals surface area (Å²) in [6.07, 6.45) is 8.47. The van der Waals surface area contributed by atoms with E-state index in [9.17, 15) is 4.79 Å². The maximum absolute atomic E-state index is 13.5. The summed E-state index contributed by atoms with van der Waals surface area (Å²) in [5.41, 5.74) is 3.59. The fourth-order valence-electron chi connectivity index (χ4n) is 5.18. The van der Waals surface area contributed by atoms with Crippen LogP contribution in [0.15, 0.2) is 78.9 Å². The topological polar surface area (TPSA) is 93.7 Å². The first-order valence-electron chi connectivity index (χ1n) is 17.1. The lowest BCUT2D eigenvalue weighted by atomic mass is 10.1. The molecule has 47 heavy (non-hydrogen) atoms. The first kappa shape index (κ1) is 36.1. The normalized spacial score (nSPS) is 15.1. The second-order valence-electron chi connectivity index (χ2n) is 11.6. The molecule has 4 rings (SSSR count). The number of unbranched alkanes of at least 4 members (excludes halogenated alkanes) is 7. The van der Waals surface area contributed by atoms with Gasteiger partial charge in [-0.3, -0.25) is 9.63 Å². The molecule has 1 amide bonds. The van der Waals surface area contributed by atoms with Gasteiger partial charge in [0, 0.05) is 0 Å². The van der Waals surface area contributed by atoms with Crippen molar-refractivity contribution < 1.29 is 38.1 Å². The van der Waals surface area contributed by atoms with Crippen LogP contribution in [0.2, 0.25) is 0 Å². The Morgan fingerprint density at radius 1 is 0.681 bits per heavy atom. The number of carbonyl (C=O) groups excluding carboxylic acids is 1. The number of benzene rings is 3. The van der Waals surface area contributed by atoms with Gasteiger partial charge in [0.2, 0.25) is 0 Å². The van der Waals surface area contributed by atoms with E-state index in [0.717, 1.165) is 24.8 Å². The number of carbonyl (C=O) groups is 1. The van der Waals surface area contributed by atoms with Gasteiger partial charge in [0.1, 0.15) is 38.6 Å². The SMILES string of the molecule is CCCCCCCCCCC(OC1COc2ccccc2OCCOCCOc2ccccc2OC1)C(=O)NOCc1ccccc1. The minimum atomic E-state index is -0.760. The zero-order valence-electron chi connectivity index (χ0n) is 27.7. The van der Waals surface area contributed by atoms with Crippen LogP contribution >= 0.6 is 0 Å². The van der Waals surface area contributed by atoms with Gasteiger partial charge < -0.3 is 28.4 Å². The molecule has 1 aliphatic heterocycles. The van der Waals surface area contributed by atoms with E-state index in [0.29, 0.717) is 55.8 Å². The smallest absolute Gasteiger partial charge is 0.272 e. The summed E-state index contributed by atoms with van der Waals surface area (Å²) < 4.78 is 36.5. The number of hydrogen-bond acceptors (Lipinski definition) is 8. The van der Waals surface area contributed by atoms with Crippen molar-refractivity contribution in [1.82, 2.24) is 5.48 Å². The van der Waals surface area contributed by atoms with E-state index in [-0.39, 0.29) is 25.7 Å². The molecule has 9 nitrogen and oxygen atoms in total. The summed E-state index contributed by atoms with van der Waals surface area (Å²) in [5.74, 6) is 2.03. The maximum Gasteiger partial charge on any atom is 0.272 e. The number of ether oxygens (including phenoxy) is 6. The highest BCUT2D eigenvalue weighted by atomic mass is 16.7. The van der Waals surface area contributed by atoms with Crippen LogP contribution in [0.25, 0.3) is 0 Å². The zero-order valence-corrected chi connectivity index (χ0v) is 27.7. The standard InChI is InChI=1S/C38H51NO8/c1-2-3-4-5-6-7-8-12-23-37(38(40)39-46-28-31-17-10-9-11-18-31)47-32-29-44-35-21-15-13-19-33(35)42-26-24-41-25-27-43-34-20-14-16-22-36(34)45-30-32/h9-11,13-22,32,37H,2-8,12,23-30H2,1H3,(H,39,40). The average Bonchev–Trinajstić information content (AvgIpc) is 3.10. The molecular formula is C38H51NO8. The van der Waals surface area contributed by atoms with Crippen molar-refractivity contribution in [2.75, 3.05) is 39.6 Å². The number of nitrogens with one attached hydrogen (secondary N) is 1. The van der Waals surface area contributed by atoms with Crippen molar-refractivity contribution in [2.45, 2.75) is 83.5 Å². The molecule has 0 saturated heterocycles. The number of rotatable bonds is 15. The Hall–Kier alpha value is -3.79. The molecule has 1 aliphatic rings. The molecule has 9 heteroatoms. The summed E-state index contributed by atoms with van der Waals surface area (Å²) >= 11 is 0. The first-order chi connectivity index (χ1) is 23.2. The molecule has 0 bridgehead atoms. The molecule has 0 aliphatic carbocycles. The van der Waals surface area contributed by atoms with Crippen LogP contribution in [0.4, 0.5) is 0 Å². The highest BCUT2D eigenvalue weighted by Crippen LogP contribution is 2.29. The lowest BCUT2D eigenvalue weighted by molar-refractivity contribution is -0.153. The van der Waals surface area contributed by atoms with Gasteiger partial charge in [0.15, 0.2) is 23.0 Å². The Labute approximate surface area is 279 Å². The van der Waals surface area contributed by atoms with E-state index in [4.69, 9.17) is 33.3 Å². The van der Waals surface area contributed by atoms with Crippen LogP contribution in [0.5, 0.6) is 23.0 Å². The Balaban J connectivity index is 1.45. The van der Waals surface area contributed by atoms with E-state index in [2.05, 4.69) is 12.4 Å². The van der Waals surface area contributed by atoms with Crippen molar-refractivity contribution >= 4 is 5.91 Å². The quantitative estimate of drug-likeness (QED) is 0.134. The summed E-state index contributed by atoms with van der Waals surface area (Å²) in [6.45, 7) is 4.29. The van der Waals surface area contributed by atoms with E-state index in [1.807, 2.05) is 78.9 Å². The third-order valence-corrected chi connectivity index (χ3v) is 7.74. The molecule has 0 saturated carbocycles. The molecule has 0 spiro atoms. The highest BCUT2D eigenvalue weighted by molar-refractivity contribution is 5.79. The van der Waals surface area contributed by atoms with Gasteiger partial charge in [0.05, 0.1) is 19.8 Å². The summed E-state index contributed by atoms with van der Waals surface area (Å²) in [6, 6.07) is 24.7. The second kappa shape index (κ2) is 21.9. The molecule has 1 atom stereocenters. The number of fused-ring (bicyclic) bond motifs is 2. The first-order valence-corrected chi connectivity index (χ1v) is 17.1. The van der Waals surface area contributed by atoms with Gasteiger partial charge in [-0.15, -0.1) is 0 Å². The van der Waals surface area contributed by atoms with Gasteiger partial charge in [-0.1, -0.05) is 113 Å². The Morgan fingerprint density at radius 2 is 1.19 bits per heavy atom. The van der Waals surface area contributed by atoms with Crippen LogP contribution in [0.3, 0.4) is 0 Å². The molecule has 256 valence electrons. The summed E-state index contributed by atoms with van der Waals surface area (Å²) in [7, 11) is 0. The number of para-hydroxylation sites is 4. The second-order valence-corrected chi connectivity index (χ2v) is 11.6. The highest BCUT2D eigenvalue weighted by Gasteiger charge is 2.26. The van der Waals surface area contributed by atoms with Crippen LogP contribution < -0.4 is 24.4 Å². The molecule has 1 N–H and O–H groups in total. The van der Waals surface area contributed by atoms with E-state index < -0.39 is 12.2 Å². The number of hydrogen-bond donors (Lipinski definition) is 1. The molecule has 3 aromatic rings. The van der Waals surface area contributed by atoms with Gasteiger partial charge in [-0.25, -0.2) is 5.48 Å². The van der Waals surface area contributed by atoms with Gasteiger partial charge in [-0.05, 0) is 36.2 Å². The largest absolute Gasteiger partial charge is 0.487 e. The lowest BCUT2D eigenvalue weighted by Gasteiger charge is -2.25. The van der Waals surface area contributed by atoms with Crippen LogP contribution in [0, 0.1) is 0 Å². The van der Waals surface area contributed by atoms with Crippen molar-refractivity contribution in [1.29, 1.82) is 0 Å². The van der Waals surface area contributed by atoms with E-state index >= 15 is 0 Å². The van der Waals surface area contributed by atoms with Gasteiger partial charge in [-0.2, -0.15) is 0 Å². The number of amides is 1. The molecule has 3 aromatic carbocycles. The Bertz CT molecular complexity index is 1220. The van der Waals surface area contributed by atoms with Gasteiger partial charge in [0.25, 0.3) is 5.91 Å². The Kier molecular flexibility index (Phi) is 16.8. The molecule has 0 fully saturated rings. The molecule has 1 unspecified atom stereocenters. The van der Waals surface area contributed by atoms with E-state index in [1.54, 1.807) is 0 Å². The predicted octanol–water partition coefficient (Wildman–Crippen LogP) is 7.46. The number of hydroxylamine groups is 1. The molecule has 0 radical (unpaired) electrons. The third kappa shape index (κ3) is 13.8. The molecular weight excluding hydrogens is 598 g/mol.